The van der Waals surface area contributed by atoms with Crippen molar-refractivity contribution in [2.24, 2.45) is 0 Å². The second-order valence-electron chi connectivity index (χ2n) is 9.83. The molecule has 0 saturated carbocycles. The first-order valence-corrected chi connectivity index (χ1v) is 12.9. The standard InChI is InChI=1S/C27H30ClNO9/c1-2-35-18-6-3-15(4-7-18)11-16-12-17(5-8-19(16)28)27-24(33)22(31)23(32)26(38-27,14-37-27)13-36-25(34)20-9-10-21(30)29-20/h3-8,12,20,22-24,31-33H,2,9-11,13-14H2,1H3,(H,29,30)/t20-,22-,23-,24+,26-,27-/m0/s1. The van der Waals surface area contributed by atoms with Crippen LogP contribution in [0.5, 0.6) is 5.75 Å². The van der Waals surface area contributed by atoms with Crippen LogP contribution in [-0.4, -0.2) is 77.0 Å². The quantitative estimate of drug-likeness (QED) is 0.358. The van der Waals surface area contributed by atoms with Crippen molar-refractivity contribution < 1.29 is 43.9 Å². The number of aliphatic hydroxyl groups is 3. The minimum Gasteiger partial charge on any atom is -0.494 e. The summed E-state index contributed by atoms with van der Waals surface area (Å²) in [5.41, 5.74) is 0.450. The minimum atomic E-state index is -1.83. The molecule has 0 aromatic heterocycles. The minimum absolute atomic E-state index is 0.219. The number of ether oxygens (including phenoxy) is 4. The summed E-state index contributed by atoms with van der Waals surface area (Å²) in [6, 6.07) is 11.8. The van der Waals surface area contributed by atoms with Crippen LogP contribution in [0.3, 0.4) is 0 Å². The predicted molar refractivity (Wildman–Crippen MR) is 133 cm³/mol. The molecule has 3 heterocycles. The third-order valence-electron chi connectivity index (χ3n) is 7.28. The van der Waals surface area contributed by atoms with E-state index in [-0.39, 0.29) is 18.9 Å². The van der Waals surface area contributed by atoms with E-state index in [1.165, 1.54) is 0 Å². The van der Waals surface area contributed by atoms with E-state index in [9.17, 15) is 24.9 Å². The number of rotatable bonds is 8. The fourth-order valence-electron chi connectivity index (χ4n) is 5.16. The molecule has 4 N–H and O–H groups in total. The summed E-state index contributed by atoms with van der Waals surface area (Å²) in [6.07, 6.45) is -3.91. The lowest BCUT2D eigenvalue weighted by Crippen LogP contribution is -2.66. The van der Waals surface area contributed by atoms with Crippen LogP contribution in [-0.2, 0) is 36.0 Å². The highest BCUT2D eigenvalue weighted by molar-refractivity contribution is 6.31. The first-order valence-electron chi connectivity index (χ1n) is 12.5. The average molecular weight is 548 g/mol. The Morgan fingerprint density at radius 3 is 2.61 bits per heavy atom. The van der Waals surface area contributed by atoms with Crippen LogP contribution in [0.1, 0.15) is 36.5 Å². The van der Waals surface area contributed by atoms with Gasteiger partial charge in [0.05, 0.1) is 13.2 Å². The number of halogens is 1. The molecule has 11 heteroatoms. The normalized spacial score (nSPS) is 32.2. The Hall–Kier alpha value is -2.73. The van der Waals surface area contributed by atoms with Gasteiger partial charge in [0.25, 0.3) is 0 Å². The highest BCUT2D eigenvalue weighted by Gasteiger charge is 2.67. The number of amides is 1. The van der Waals surface area contributed by atoms with Crippen LogP contribution < -0.4 is 10.1 Å². The summed E-state index contributed by atoms with van der Waals surface area (Å²) in [5.74, 6) is -1.99. The van der Waals surface area contributed by atoms with Gasteiger partial charge in [-0.1, -0.05) is 29.8 Å². The Balaban J connectivity index is 1.38. The summed E-state index contributed by atoms with van der Waals surface area (Å²) in [7, 11) is 0. The van der Waals surface area contributed by atoms with Crippen molar-refractivity contribution in [2.75, 3.05) is 19.8 Å². The highest BCUT2D eigenvalue weighted by Crippen LogP contribution is 2.50. The molecule has 2 bridgehead atoms. The number of nitrogens with one attached hydrogen (secondary N) is 1. The van der Waals surface area contributed by atoms with Crippen LogP contribution in [0.2, 0.25) is 5.02 Å². The molecule has 3 aliphatic heterocycles. The SMILES string of the molecule is CCOc1ccc(Cc2cc([C@]34OC[C@](COC(=O)[C@@H]5CCC(=O)N5)(O3)[C@@H](O)[C@H](O)[C@H]4O)ccc2Cl)cc1. The Bertz CT molecular complexity index is 1210. The van der Waals surface area contributed by atoms with Crippen LogP contribution in [0.25, 0.3) is 0 Å². The van der Waals surface area contributed by atoms with Gasteiger partial charge in [-0.15, -0.1) is 0 Å². The monoisotopic (exact) mass is 547 g/mol. The molecule has 6 atom stereocenters. The Morgan fingerprint density at radius 1 is 1.16 bits per heavy atom. The van der Waals surface area contributed by atoms with E-state index in [1.807, 2.05) is 31.2 Å². The molecular weight excluding hydrogens is 518 g/mol. The number of aliphatic hydroxyl groups excluding tert-OH is 3. The smallest absolute Gasteiger partial charge is 0.328 e. The number of hydrogen-bond donors (Lipinski definition) is 4. The third kappa shape index (κ3) is 4.76. The van der Waals surface area contributed by atoms with Crippen LogP contribution in [0.4, 0.5) is 0 Å². The van der Waals surface area contributed by atoms with E-state index >= 15 is 0 Å². The number of hydrogen-bond acceptors (Lipinski definition) is 9. The highest BCUT2D eigenvalue weighted by atomic mass is 35.5. The molecule has 0 spiro atoms. The van der Waals surface area contributed by atoms with Gasteiger partial charge in [-0.05, 0) is 55.2 Å². The maximum Gasteiger partial charge on any atom is 0.328 e. The van der Waals surface area contributed by atoms with Gasteiger partial charge in [-0.3, -0.25) is 4.79 Å². The van der Waals surface area contributed by atoms with E-state index < -0.39 is 48.3 Å². The summed E-state index contributed by atoms with van der Waals surface area (Å²) >= 11 is 6.49. The van der Waals surface area contributed by atoms with Crippen LogP contribution >= 0.6 is 11.6 Å². The van der Waals surface area contributed by atoms with Crippen molar-refractivity contribution in [1.29, 1.82) is 0 Å². The van der Waals surface area contributed by atoms with Gasteiger partial charge in [0.2, 0.25) is 11.7 Å². The zero-order chi connectivity index (χ0) is 27.1. The summed E-state index contributed by atoms with van der Waals surface area (Å²) in [4.78, 5) is 23.9. The van der Waals surface area contributed by atoms with Crippen LogP contribution in [0, 0.1) is 0 Å². The van der Waals surface area contributed by atoms with E-state index in [1.54, 1.807) is 18.2 Å². The topological polar surface area (TPSA) is 144 Å². The lowest BCUT2D eigenvalue weighted by atomic mass is 9.83. The molecule has 2 aromatic rings. The second kappa shape index (κ2) is 10.4. The molecule has 0 unspecified atom stereocenters. The van der Waals surface area contributed by atoms with E-state index in [0.29, 0.717) is 30.0 Å². The lowest BCUT2D eigenvalue weighted by Gasteiger charge is -2.46. The van der Waals surface area contributed by atoms with E-state index in [0.717, 1.165) is 16.9 Å². The molecule has 0 aliphatic carbocycles. The molecule has 0 radical (unpaired) electrons. The maximum absolute atomic E-state index is 12.5. The van der Waals surface area contributed by atoms with Gasteiger partial charge in [-0.25, -0.2) is 4.79 Å². The molecule has 3 aliphatic rings. The molecule has 10 nitrogen and oxygen atoms in total. The largest absolute Gasteiger partial charge is 0.494 e. The first kappa shape index (κ1) is 26.9. The zero-order valence-corrected chi connectivity index (χ0v) is 21.5. The fraction of sp³-hybridized carbons (Fsp3) is 0.481. The van der Waals surface area contributed by atoms with Crippen molar-refractivity contribution in [3.05, 3.63) is 64.2 Å². The zero-order valence-electron chi connectivity index (χ0n) is 20.8. The first-order chi connectivity index (χ1) is 18.2. The van der Waals surface area contributed by atoms with Gasteiger partial charge in [0.1, 0.15) is 36.7 Å². The van der Waals surface area contributed by atoms with Crippen molar-refractivity contribution in [1.82, 2.24) is 5.32 Å². The van der Waals surface area contributed by atoms with E-state index in [4.69, 9.17) is 30.5 Å². The average Bonchev–Trinajstić information content (AvgIpc) is 3.52. The molecule has 38 heavy (non-hydrogen) atoms. The van der Waals surface area contributed by atoms with Crippen molar-refractivity contribution in [3.8, 4) is 5.75 Å². The molecule has 5 rings (SSSR count). The lowest BCUT2D eigenvalue weighted by molar-refractivity contribution is -0.330. The molecule has 3 fully saturated rings. The fourth-order valence-corrected chi connectivity index (χ4v) is 5.35. The van der Waals surface area contributed by atoms with Gasteiger partial charge in [0, 0.05) is 17.0 Å². The summed E-state index contributed by atoms with van der Waals surface area (Å²) < 4.78 is 23.0. The third-order valence-corrected chi connectivity index (χ3v) is 7.65. The number of esters is 1. The molecular formula is C27H30ClNO9. The number of carbonyl (C=O) groups is 2. The Morgan fingerprint density at radius 2 is 1.92 bits per heavy atom. The molecule has 2 aromatic carbocycles. The van der Waals surface area contributed by atoms with Gasteiger partial charge < -0.3 is 39.6 Å². The summed E-state index contributed by atoms with van der Waals surface area (Å²) in [5, 5.41) is 35.6. The van der Waals surface area contributed by atoms with E-state index in [2.05, 4.69) is 5.32 Å². The molecule has 3 saturated heterocycles. The van der Waals surface area contributed by atoms with Gasteiger partial charge in [0.15, 0.2) is 5.60 Å². The van der Waals surface area contributed by atoms with Gasteiger partial charge in [-0.2, -0.15) is 0 Å². The Labute approximate surface area is 224 Å². The number of fused-ring (bicyclic) bond motifs is 2. The van der Waals surface area contributed by atoms with Crippen molar-refractivity contribution >= 4 is 23.5 Å². The Kier molecular flexibility index (Phi) is 7.38. The van der Waals surface area contributed by atoms with Crippen molar-refractivity contribution in [2.45, 2.75) is 61.9 Å². The predicted octanol–water partition coefficient (Wildman–Crippen LogP) is 1.19. The van der Waals surface area contributed by atoms with Crippen LogP contribution in [0.15, 0.2) is 42.5 Å². The number of benzene rings is 2. The van der Waals surface area contributed by atoms with Crippen molar-refractivity contribution in [3.63, 3.8) is 0 Å². The summed E-state index contributed by atoms with van der Waals surface area (Å²) in [6.45, 7) is 1.77. The van der Waals surface area contributed by atoms with Gasteiger partial charge >= 0.3 is 5.97 Å². The second-order valence-corrected chi connectivity index (χ2v) is 10.2. The number of carbonyl (C=O) groups excluding carboxylic acids is 2. The molecule has 204 valence electrons. The molecule has 1 amide bonds. The maximum atomic E-state index is 12.5.